The van der Waals surface area contributed by atoms with Crippen LogP contribution in [0.1, 0.15) is 62.0 Å². The number of hydrogen-bond acceptors (Lipinski definition) is 9. The summed E-state index contributed by atoms with van der Waals surface area (Å²) >= 11 is 0. The van der Waals surface area contributed by atoms with Crippen LogP contribution in [0.5, 0.6) is 5.75 Å². The van der Waals surface area contributed by atoms with Crippen molar-refractivity contribution in [1.82, 2.24) is 15.9 Å². The number of carbonyl (C=O) groups is 2. The van der Waals surface area contributed by atoms with Gasteiger partial charge in [-0.25, -0.2) is 5.48 Å². The fourth-order valence-corrected chi connectivity index (χ4v) is 8.80. The highest BCUT2D eigenvalue weighted by Gasteiger charge is 2.57. The Bertz CT molecular complexity index is 1730. The van der Waals surface area contributed by atoms with E-state index in [9.17, 15) is 19.8 Å². The largest absolute Gasteiger partial charge is 0.496 e. The first kappa shape index (κ1) is 37.7. The summed E-state index contributed by atoms with van der Waals surface area (Å²) in [6.45, 7) is 8.57. The summed E-state index contributed by atoms with van der Waals surface area (Å²) in [7, 11) is 5.40. The Labute approximate surface area is 307 Å². The molecule has 4 fully saturated rings. The third kappa shape index (κ3) is 7.43. The van der Waals surface area contributed by atoms with Gasteiger partial charge in [0.05, 0.1) is 33.0 Å². The molecule has 4 N–H and O–H groups in total. The second kappa shape index (κ2) is 15.5. The number of ether oxygens (including phenoxy) is 1. The Balaban J connectivity index is 1.26. The van der Waals surface area contributed by atoms with Crippen LogP contribution in [-0.4, -0.2) is 79.2 Å². The molecule has 3 aliphatic carbocycles. The zero-order valence-electron chi connectivity index (χ0n) is 31.3. The number of methoxy groups -OCH3 is 1. The normalized spacial score (nSPS) is 27.0. The molecule has 11 nitrogen and oxygen atoms in total. The van der Waals surface area contributed by atoms with Crippen molar-refractivity contribution < 1.29 is 34.2 Å². The Morgan fingerprint density at radius 2 is 1.83 bits per heavy atom. The third-order valence-electron chi connectivity index (χ3n) is 11.9. The van der Waals surface area contributed by atoms with Crippen molar-refractivity contribution in [2.45, 2.75) is 78.0 Å². The molecule has 1 heterocycles. The molecule has 7 rings (SSSR count). The van der Waals surface area contributed by atoms with Gasteiger partial charge in [-0.1, -0.05) is 69.3 Å². The molecule has 1 unspecified atom stereocenters. The van der Waals surface area contributed by atoms with E-state index in [1.807, 2.05) is 73.6 Å². The van der Waals surface area contributed by atoms with Crippen LogP contribution < -0.4 is 20.4 Å². The van der Waals surface area contributed by atoms with Gasteiger partial charge in [0, 0.05) is 48.4 Å². The second-order valence-electron chi connectivity index (χ2n) is 15.6. The number of anilines is 1. The number of fused-ring (bicyclic) bond motifs is 2. The Morgan fingerprint density at radius 3 is 2.46 bits per heavy atom. The molecule has 0 aromatic heterocycles. The molecule has 8 atom stereocenters. The quantitative estimate of drug-likeness (QED) is 0.182. The minimum Gasteiger partial charge on any atom is -0.496 e. The second-order valence-corrected chi connectivity index (χ2v) is 15.6. The monoisotopic (exact) mass is 714 g/mol. The van der Waals surface area contributed by atoms with E-state index in [4.69, 9.17) is 14.4 Å². The molecule has 3 aromatic rings. The van der Waals surface area contributed by atoms with E-state index >= 15 is 0 Å². The summed E-state index contributed by atoms with van der Waals surface area (Å²) in [5.41, 5.74) is 7.22. The van der Waals surface area contributed by atoms with E-state index in [0.717, 1.165) is 34.4 Å². The lowest BCUT2D eigenvalue weighted by Crippen LogP contribution is -2.62. The van der Waals surface area contributed by atoms with E-state index < -0.39 is 24.2 Å². The van der Waals surface area contributed by atoms with E-state index in [-0.39, 0.29) is 43.0 Å². The summed E-state index contributed by atoms with van der Waals surface area (Å²) in [4.78, 5) is 41.2. The minimum atomic E-state index is -0.905. The van der Waals surface area contributed by atoms with Crippen LogP contribution in [0.4, 0.5) is 5.69 Å². The van der Waals surface area contributed by atoms with Gasteiger partial charge in [-0.2, -0.15) is 5.06 Å². The Morgan fingerprint density at radius 1 is 1.08 bits per heavy atom. The SMILES string of the molecule is COc1c(CN2O[C@@H](CO)[C@H]([C@H](C)O)[C@H]2C(=O)NC2C[C@H]3C[C@@H]([C@@H]2C)C3(C)C)cccc1-c1cc(C(=O)NOCc2ccccc2)cc(N(C)C)c1. The highest BCUT2D eigenvalue weighted by atomic mass is 16.7. The average molecular weight is 715 g/mol. The van der Waals surface area contributed by atoms with Crippen molar-refractivity contribution in [3.8, 4) is 16.9 Å². The molecule has 1 saturated heterocycles. The fraction of sp³-hybridized carbons (Fsp3) is 0.512. The van der Waals surface area contributed by atoms with Gasteiger partial charge in [0.25, 0.3) is 5.91 Å². The van der Waals surface area contributed by atoms with Crippen molar-refractivity contribution in [2.24, 2.45) is 29.1 Å². The number of aliphatic hydroxyl groups is 2. The van der Waals surface area contributed by atoms with Crippen LogP contribution >= 0.6 is 0 Å². The van der Waals surface area contributed by atoms with Gasteiger partial charge in [-0.15, -0.1) is 0 Å². The first-order chi connectivity index (χ1) is 24.8. The van der Waals surface area contributed by atoms with Crippen LogP contribution in [0.3, 0.4) is 0 Å². The molecule has 3 aromatic carbocycles. The molecule has 0 radical (unpaired) electrons. The maximum absolute atomic E-state index is 14.2. The number of carbonyl (C=O) groups excluding carboxylic acids is 2. The Kier molecular flexibility index (Phi) is 11.3. The number of aliphatic hydroxyl groups excluding tert-OH is 2. The van der Waals surface area contributed by atoms with Crippen LogP contribution in [0, 0.1) is 29.1 Å². The van der Waals surface area contributed by atoms with E-state index in [1.54, 1.807) is 31.2 Å². The lowest BCUT2D eigenvalue weighted by Gasteiger charge is -2.62. The van der Waals surface area contributed by atoms with E-state index in [1.165, 1.54) is 6.42 Å². The number of benzene rings is 3. The van der Waals surface area contributed by atoms with E-state index in [2.05, 4.69) is 31.6 Å². The van der Waals surface area contributed by atoms with Crippen LogP contribution in [0.15, 0.2) is 66.7 Å². The number of nitrogens with zero attached hydrogens (tertiary/aromatic N) is 2. The molecule has 4 aliphatic rings. The number of nitrogens with one attached hydrogen (secondary N) is 2. The maximum Gasteiger partial charge on any atom is 0.274 e. The molecular formula is C41H54N4O7. The van der Waals surface area contributed by atoms with Crippen LogP contribution in [0.25, 0.3) is 11.1 Å². The van der Waals surface area contributed by atoms with Crippen LogP contribution in [0.2, 0.25) is 0 Å². The van der Waals surface area contributed by atoms with Gasteiger partial charge in [0.15, 0.2) is 0 Å². The predicted octanol–water partition coefficient (Wildman–Crippen LogP) is 4.95. The molecule has 2 bridgehead atoms. The highest BCUT2D eigenvalue weighted by Crippen LogP contribution is 2.61. The highest BCUT2D eigenvalue weighted by molar-refractivity contribution is 5.96. The van der Waals surface area contributed by atoms with Gasteiger partial charge in [-0.3, -0.25) is 19.3 Å². The van der Waals surface area contributed by atoms with Gasteiger partial charge < -0.3 is 25.2 Å². The van der Waals surface area contributed by atoms with Crippen LogP contribution in [-0.2, 0) is 27.6 Å². The third-order valence-corrected chi connectivity index (χ3v) is 11.9. The summed E-state index contributed by atoms with van der Waals surface area (Å²) in [6.07, 6.45) is 0.456. The zero-order valence-corrected chi connectivity index (χ0v) is 31.3. The summed E-state index contributed by atoms with van der Waals surface area (Å²) in [5, 5.41) is 26.2. The molecule has 52 heavy (non-hydrogen) atoms. The lowest BCUT2D eigenvalue weighted by molar-refractivity contribution is -0.183. The number of para-hydroxylation sites is 1. The molecule has 11 heteroatoms. The fourth-order valence-electron chi connectivity index (χ4n) is 8.80. The van der Waals surface area contributed by atoms with Crippen molar-refractivity contribution >= 4 is 17.5 Å². The lowest BCUT2D eigenvalue weighted by atomic mass is 9.45. The first-order valence-corrected chi connectivity index (χ1v) is 18.3. The number of hydrogen-bond donors (Lipinski definition) is 4. The standard InChI is InChI=1S/C41H54N4O7/c1-24-33-19-30(41(33,3)4)20-34(24)42-40(49)37-36(25(2)47)35(22-46)52-45(37)21-27-14-11-15-32(38(27)50-7)28-16-29(18-31(17-28)44(5)6)39(48)43-51-23-26-12-9-8-10-13-26/h8-18,24-25,30,33-37,46-47H,19-23H2,1-7H3,(H,42,49)(H,43,48)/t24-,25-,30+,33-,34?,35-,36-,37-/m0/s1. The van der Waals surface area contributed by atoms with Gasteiger partial charge >= 0.3 is 0 Å². The molecule has 1 aliphatic heterocycles. The van der Waals surface area contributed by atoms with Gasteiger partial charge in [0.1, 0.15) is 17.9 Å². The molecular weight excluding hydrogens is 660 g/mol. The smallest absolute Gasteiger partial charge is 0.274 e. The Hall–Kier alpha value is -4.00. The molecule has 0 spiro atoms. The zero-order chi connectivity index (χ0) is 37.3. The van der Waals surface area contributed by atoms with Crippen molar-refractivity contribution in [3.63, 3.8) is 0 Å². The maximum atomic E-state index is 14.2. The van der Waals surface area contributed by atoms with Crippen molar-refractivity contribution in [3.05, 3.63) is 83.4 Å². The van der Waals surface area contributed by atoms with Crippen molar-refractivity contribution in [2.75, 3.05) is 32.7 Å². The molecule has 280 valence electrons. The first-order valence-electron chi connectivity index (χ1n) is 18.3. The number of amides is 2. The van der Waals surface area contributed by atoms with E-state index in [0.29, 0.717) is 29.1 Å². The average Bonchev–Trinajstić information content (AvgIpc) is 3.51. The predicted molar refractivity (Wildman–Crippen MR) is 199 cm³/mol. The van der Waals surface area contributed by atoms with Gasteiger partial charge in [0.2, 0.25) is 5.91 Å². The topological polar surface area (TPSA) is 133 Å². The minimum absolute atomic E-state index is 0.0333. The summed E-state index contributed by atoms with van der Waals surface area (Å²) in [5.74, 6) is 0.758. The molecule has 2 amide bonds. The number of hydroxylamine groups is 3. The number of rotatable bonds is 13. The summed E-state index contributed by atoms with van der Waals surface area (Å²) < 4.78 is 6.03. The van der Waals surface area contributed by atoms with Gasteiger partial charge in [-0.05, 0) is 72.3 Å². The summed E-state index contributed by atoms with van der Waals surface area (Å²) in [6, 6.07) is 20.1. The molecule has 3 saturated carbocycles. The van der Waals surface area contributed by atoms with Crippen molar-refractivity contribution in [1.29, 1.82) is 0 Å².